The van der Waals surface area contributed by atoms with Crippen molar-refractivity contribution in [2.24, 2.45) is 11.7 Å². The molecule has 108 valence electrons. The SMILES string of the molecule is Cc1nc(N2CCN(CC(C)C)CC2)sc1C(C)N. The average Bonchev–Trinajstić information content (AvgIpc) is 2.71. The van der Waals surface area contributed by atoms with Gasteiger partial charge in [0.05, 0.1) is 5.69 Å². The van der Waals surface area contributed by atoms with E-state index in [0.29, 0.717) is 0 Å². The normalized spacial score (nSPS) is 19.2. The van der Waals surface area contributed by atoms with Gasteiger partial charge in [-0.05, 0) is 19.8 Å². The summed E-state index contributed by atoms with van der Waals surface area (Å²) < 4.78 is 0. The van der Waals surface area contributed by atoms with Crippen LogP contribution >= 0.6 is 11.3 Å². The summed E-state index contributed by atoms with van der Waals surface area (Å²) in [6, 6.07) is 0.0912. The second kappa shape index (κ2) is 6.20. The van der Waals surface area contributed by atoms with Gasteiger partial charge >= 0.3 is 0 Å². The fourth-order valence-electron chi connectivity index (χ4n) is 2.59. The van der Waals surface area contributed by atoms with Crippen LogP contribution in [0.15, 0.2) is 0 Å². The molecule has 2 heterocycles. The lowest BCUT2D eigenvalue weighted by Crippen LogP contribution is -2.47. The van der Waals surface area contributed by atoms with Crippen molar-refractivity contribution in [3.63, 3.8) is 0 Å². The maximum atomic E-state index is 5.98. The first-order chi connectivity index (χ1) is 8.97. The molecule has 0 aromatic carbocycles. The first-order valence-corrected chi connectivity index (χ1v) is 7.99. The van der Waals surface area contributed by atoms with Gasteiger partial charge in [-0.1, -0.05) is 13.8 Å². The molecule has 2 N–H and O–H groups in total. The van der Waals surface area contributed by atoms with E-state index in [-0.39, 0.29) is 6.04 Å². The summed E-state index contributed by atoms with van der Waals surface area (Å²) in [5.74, 6) is 0.748. The zero-order valence-electron chi connectivity index (χ0n) is 12.5. The number of rotatable bonds is 4. The summed E-state index contributed by atoms with van der Waals surface area (Å²) in [4.78, 5) is 10.9. The van der Waals surface area contributed by atoms with Crippen molar-refractivity contribution in [1.29, 1.82) is 0 Å². The maximum absolute atomic E-state index is 5.98. The molecule has 0 bridgehead atoms. The Hall–Kier alpha value is -0.650. The summed E-state index contributed by atoms with van der Waals surface area (Å²) in [7, 11) is 0. The molecule has 0 saturated carbocycles. The quantitative estimate of drug-likeness (QED) is 0.920. The highest BCUT2D eigenvalue weighted by atomic mass is 32.1. The average molecular weight is 282 g/mol. The van der Waals surface area contributed by atoms with Crippen LogP contribution in [-0.4, -0.2) is 42.6 Å². The number of anilines is 1. The van der Waals surface area contributed by atoms with Crippen LogP contribution in [0.2, 0.25) is 0 Å². The summed E-state index contributed by atoms with van der Waals surface area (Å²) >= 11 is 1.76. The van der Waals surface area contributed by atoms with E-state index in [9.17, 15) is 0 Å². The van der Waals surface area contributed by atoms with Crippen LogP contribution in [0.5, 0.6) is 0 Å². The van der Waals surface area contributed by atoms with Crippen LogP contribution in [0, 0.1) is 12.8 Å². The van der Waals surface area contributed by atoms with Gasteiger partial charge in [0.1, 0.15) is 0 Å². The number of hydrogen-bond donors (Lipinski definition) is 1. The third kappa shape index (κ3) is 3.68. The number of aromatic nitrogens is 1. The van der Waals surface area contributed by atoms with Crippen LogP contribution < -0.4 is 10.6 Å². The van der Waals surface area contributed by atoms with Gasteiger partial charge < -0.3 is 10.6 Å². The molecule has 1 aromatic rings. The fourth-order valence-corrected chi connectivity index (χ4v) is 3.66. The second-order valence-electron chi connectivity index (χ2n) is 5.92. The third-order valence-corrected chi connectivity index (χ3v) is 4.92. The van der Waals surface area contributed by atoms with Gasteiger partial charge in [0.15, 0.2) is 5.13 Å². The maximum Gasteiger partial charge on any atom is 0.185 e. The molecule has 1 aliphatic heterocycles. The van der Waals surface area contributed by atoms with Gasteiger partial charge in [0.2, 0.25) is 0 Å². The minimum atomic E-state index is 0.0912. The van der Waals surface area contributed by atoms with Gasteiger partial charge in [0.25, 0.3) is 0 Å². The molecule has 1 aromatic heterocycles. The van der Waals surface area contributed by atoms with Crippen LogP contribution in [-0.2, 0) is 0 Å². The standard InChI is InChI=1S/C14H26N4S/c1-10(2)9-17-5-7-18(8-6-17)14-16-12(4)13(19-14)11(3)15/h10-11H,5-9,15H2,1-4H3. The highest BCUT2D eigenvalue weighted by Gasteiger charge is 2.21. The van der Waals surface area contributed by atoms with Crippen molar-refractivity contribution in [1.82, 2.24) is 9.88 Å². The first-order valence-electron chi connectivity index (χ1n) is 7.17. The van der Waals surface area contributed by atoms with E-state index in [1.165, 1.54) is 11.4 Å². The lowest BCUT2D eigenvalue weighted by Gasteiger charge is -2.35. The second-order valence-corrected chi connectivity index (χ2v) is 6.93. The molecular formula is C14H26N4S. The van der Waals surface area contributed by atoms with Crippen molar-refractivity contribution in [2.75, 3.05) is 37.6 Å². The molecule has 19 heavy (non-hydrogen) atoms. The van der Waals surface area contributed by atoms with E-state index < -0.39 is 0 Å². The Labute approximate surface area is 120 Å². The number of nitrogens with two attached hydrogens (primary N) is 1. The molecule has 1 atom stereocenters. The van der Waals surface area contributed by atoms with E-state index >= 15 is 0 Å². The Morgan fingerprint density at radius 1 is 1.21 bits per heavy atom. The van der Waals surface area contributed by atoms with E-state index in [4.69, 9.17) is 5.73 Å². The molecule has 0 amide bonds. The van der Waals surface area contributed by atoms with Crippen LogP contribution in [0.1, 0.15) is 37.4 Å². The molecule has 1 aliphatic rings. The minimum Gasteiger partial charge on any atom is -0.346 e. The molecule has 2 rings (SSSR count). The first kappa shape index (κ1) is 14.8. The Morgan fingerprint density at radius 3 is 2.32 bits per heavy atom. The molecule has 4 nitrogen and oxygen atoms in total. The predicted molar refractivity (Wildman–Crippen MR) is 82.9 cm³/mol. The number of aryl methyl sites for hydroxylation is 1. The Bertz CT molecular complexity index is 406. The highest BCUT2D eigenvalue weighted by molar-refractivity contribution is 7.15. The highest BCUT2D eigenvalue weighted by Crippen LogP contribution is 2.30. The molecule has 5 heteroatoms. The Balaban J connectivity index is 1.96. The van der Waals surface area contributed by atoms with Crippen LogP contribution in [0.25, 0.3) is 0 Å². The lowest BCUT2D eigenvalue weighted by atomic mass is 10.2. The van der Waals surface area contributed by atoms with E-state index in [1.807, 2.05) is 6.92 Å². The number of thiazole rings is 1. The zero-order valence-corrected chi connectivity index (χ0v) is 13.3. The van der Waals surface area contributed by atoms with Gasteiger partial charge in [0, 0.05) is 43.6 Å². The van der Waals surface area contributed by atoms with E-state index in [2.05, 4.69) is 35.6 Å². The Morgan fingerprint density at radius 2 is 1.84 bits per heavy atom. The third-order valence-electron chi connectivity index (χ3n) is 3.50. The number of nitrogens with zero attached hydrogens (tertiary/aromatic N) is 3. The molecule has 0 spiro atoms. The molecular weight excluding hydrogens is 256 g/mol. The van der Waals surface area contributed by atoms with Crippen molar-refractivity contribution in [2.45, 2.75) is 33.7 Å². The van der Waals surface area contributed by atoms with Gasteiger partial charge in [-0.3, -0.25) is 4.90 Å². The van der Waals surface area contributed by atoms with E-state index in [0.717, 1.165) is 42.9 Å². The van der Waals surface area contributed by atoms with Crippen molar-refractivity contribution >= 4 is 16.5 Å². The number of hydrogen-bond acceptors (Lipinski definition) is 5. The molecule has 1 saturated heterocycles. The van der Waals surface area contributed by atoms with Crippen LogP contribution in [0.3, 0.4) is 0 Å². The van der Waals surface area contributed by atoms with Crippen molar-refractivity contribution in [3.8, 4) is 0 Å². The predicted octanol–water partition coefficient (Wildman–Crippen LogP) is 2.25. The van der Waals surface area contributed by atoms with Crippen LogP contribution in [0.4, 0.5) is 5.13 Å². The van der Waals surface area contributed by atoms with Gasteiger partial charge in [-0.2, -0.15) is 0 Å². The molecule has 1 unspecified atom stereocenters. The Kier molecular flexibility index (Phi) is 4.81. The molecule has 0 radical (unpaired) electrons. The smallest absolute Gasteiger partial charge is 0.185 e. The minimum absolute atomic E-state index is 0.0912. The van der Waals surface area contributed by atoms with Crippen molar-refractivity contribution < 1.29 is 0 Å². The summed E-state index contributed by atoms with van der Waals surface area (Å²) in [6.45, 7) is 14.3. The zero-order chi connectivity index (χ0) is 14.0. The van der Waals surface area contributed by atoms with Gasteiger partial charge in [-0.15, -0.1) is 11.3 Å². The van der Waals surface area contributed by atoms with Gasteiger partial charge in [-0.25, -0.2) is 4.98 Å². The monoisotopic (exact) mass is 282 g/mol. The van der Waals surface area contributed by atoms with Crippen molar-refractivity contribution in [3.05, 3.63) is 10.6 Å². The summed E-state index contributed by atoms with van der Waals surface area (Å²) in [6.07, 6.45) is 0. The molecule has 1 fully saturated rings. The largest absolute Gasteiger partial charge is 0.346 e. The summed E-state index contributed by atoms with van der Waals surface area (Å²) in [5, 5.41) is 1.15. The topological polar surface area (TPSA) is 45.4 Å². The van der Waals surface area contributed by atoms with E-state index in [1.54, 1.807) is 11.3 Å². The fraction of sp³-hybridized carbons (Fsp3) is 0.786. The molecule has 0 aliphatic carbocycles. The summed E-state index contributed by atoms with van der Waals surface area (Å²) in [5.41, 5.74) is 7.07. The number of piperazine rings is 1. The lowest BCUT2D eigenvalue weighted by molar-refractivity contribution is 0.231.